The number of fused-ring (bicyclic) bond motifs is 1. The fraction of sp³-hybridized carbons (Fsp3) is 0.276. The lowest BCUT2D eigenvalue weighted by Crippen LogP contribution is -2.48. The van der Waals surface area contributed by atoms with E-state index < -0.39 is 17.6 Å². The maximum absolute atomic E-state index is 14.2. The minimum atomic E-state index is -4.63. The lowest BCUT2D eigenvalue weighted by molar-refractivity contribution is -0.137. The van der Waals surface area contributed by atoms with Gasteiger partial charge in [0.2, 0.25) is 5.89 Å². The average molecular weight is 552 g/mol. The Morgan fingerprint density at radius 3 is 2.55 bits per heavy atom. The van der Waals surface area contributed by atoms with Crippen LogP contribution in [0.15, 0.2) is 65.3 Å². The molecule has 0 unspecified atom stereocenters. The van der Waals surface area contributed by atoms with E-state index in [-0.39, 0.29) is 29.1 Å². The molecule has 40 heavy (non-hydrogen) atoms. The van der Waals surface area contributed by atoms with Crippen molar-refractivity contribution in [3.63, 3.8) is 0 Å². The second-order valence-electron chi connectivity index (χ2n) is 10.2. The number of alkyl halides is 3. The van der Waals surface area contributed by atoms with Gasteiger partial charge in [0.1, 0.15) is 23.2 Å². The van der Waals surface area contributed by atoms with Crippen molar-refractivity contribution in [3.05, 3.63) is 77.9 Å². The Hall–Kier alpha value is -4.09. The first kappa shape index (κ1) is 26.1. The second kappa shape index (κ2) is 9.83. The number of hydrogen-bond acceptors (Lipinski definition) is 6. The van der Waals surface area contributed by atoms with Gasteiger partial charge in [0.05, 0.1) is 12.2 Å². The third-order valence-electron chi connectivity index (χ3n) is 7.12. The summed E-state index contributed by atoms with van der Waals surface area (Å²) >= 11 is 0. The van der Waals surface area contributed by atoms with Crippen LogP contribution in [0.1, 0.15) is 24.5 Å². The van der Waals surface area contributed by atoms with Gasteiger partial charge in [0.25, 0.3) is 0 Å². The Balaban J connectivity index is 1.37. The fourth-order valence-electron chi connectivity index (χ4n) is 4.89. The SMILES string of the molecule is Cn1cnnc1-c1cc(F)ccc1-c1cccc(-c2nc3cc(CNC[C@@]4(C)CCO4)cc(C(F)(F)F)c3o2)c1. The average Bonchev–Trinajstić information content (AvgIpc) is 3.53. The highest BCUT2D eigenvalue weighted by Gasteiger charge is 2.36. The van der Waals surface area contributed by atoms with Crippen LogP contribution in [0.5, 0.6) is 0 Å². The van der Waals surface area contributed by atoms with Gasteiger partial charge in [0.15, 0.2) is 11.4 Å². The molecule has 1 atom stereocenters. The third-order valence-corrected chi connectivity index (χ3v) is 7.12. The summed E-state index contributed by atoms with van der Waals surface area (Å²) in [6.45, 7) is 3.41. The summed E-state index contributed by atoms with van der Waals surface area (Å²) in [7, 11) is 1.75. The summed E-state index contributed by atoms with van der Waals surface area (Å²) in [5.41, 5.74) is 1.40. The summed E-state index contributed by atoms with van der Waals surface area (Å²) in [6.07, 6.45) is -2.21. The topological polar surface area (TPSA) is 78.0 Å². The van der Waals surface area contributed by atoms with E-state index in [0.29, 0.717) is 46.8 Å². The Bertz CT molecular complexity index is 1700. The van der Waals surface area contributed by atoms with E-state index in [1.165, 1.54) is 18.5 Å². The standard InChI is InChI=1S/C29H25F4N5O2/c1-28(8-9-39-28)15-34-14-17-10-23(29(31,32)33)25-24(11-17)36-27(40-25)19-5-3-4-18(12-19)21-7-6-20(30)13-22(21)26-37-35-16-38(26)2/h3-7,10-13,16,34H,8-9,14-15H2,1-2H3/t28-/m1/s1. The van der Waals surface area contributed by atoms with Crippen molar-refractivity contribution >= 4 is 11.1 Å². The molecule has 3 heterocycles. The molecule has 0 spiro atoms. The summed E-state index contributed by atoms with van der Waals surface area (Å²) in [5.74, 6) is 0.0805. The van der Waals surface area contributed by atoms with Crippen molar-refractivity contribution in [2.24, 2.45) is 7.05 Å². The van der Waals surface area contributed by atoms with Crippen LogP contribution in [0.2, 0.25) is 0 Å². The van der Waals surface area contributed by atoms with Crippen molar-refractivity contribution in [3.8, 4) is 34.0 Å². The van der Waals surface area contributed by atoms with E-state index in [1.807, 2.05) is 13.0 Å². The van der Waals surface area contributed by atoms with Gasteiger partial charge in [-0.05, 0) is 60.0 Å². The quantitative estimate of drug-likeness (QED) is 0.237. The highest BCUT2D eigenvalue weighted by Crippen LogP contribution is 2.39. The van der Waals surface area contributed by atoms with E-state index in [1.54, 1.807) is 41.9 Å². The number of hydrogen-bond donors (Lipinski definition) is 1. The molecule has 6 rings (SSSR count). The molecule has 3 aromatic carbocycles. The molecule has 1 aliphatic heterocycles. The van der Waals surface area contributed by atoms with Gasteiger partial charge < -0.3 is 19.0 Å². The molecule has 0 saturated carbocycles. The molecular weight excluding hydrogens is 526 g/mol. The Labute approximate surface area is 226 Å². The summed E-state index contributed by atoms with van der Waals surface area (Å²) in [4.78, 5) is 4.43. The molecule has 2 aromatic heterocycles. The van der Waals surface area contributed by atoms with Gasteiger partial charge in [-0.2, -0.15) is 13.2 Å². The normalized spacial score (nSPS) is 17.4. The van der Waals surface area contributed by atoms with Gasteiger partial charge in [-0.1, -0.05) is 18.2 Å². The first-order chi connectivity index (χ1) is 19.1. The molecule has 1 aliphatic rings. The zero-order valence-electron chi connectivity index (χ0n) is 21.7. The van der Waals surface area contributed by atoms with E-state index in [4.69, 9.17) is 9.15 Å². The monoisotopic (exact) mass is 551 g/mol. The lowest BCUT2D eigenvalue weighted by Gasteiger charge is -2.38. The second-order valence-corrected chi connectivity index (χ2v) is 10.2. The minimum Gasteiger partial charge on any atom is -0.435 e. The Morgan fingerprint density at radius 1 is 1.05 bits per heavy atom. The van der Waals surface area contributed by atoms with Crippen molar-refractivity contribution in [2.45, 2.75) is 31.7 Å². The molecule has 0 amide bonds. The molecule has 0 aliphatic carbocycles. The number of halogens is 4. The Kier molecular flexibility index (Phi) is 6.42. The van der Waals surface area contributed by atoms with Crippen LogP contribution >= 0.6 is 0 Å². The number of aryl methyl sites for hydroxylation is 1. The van der Waals surface area contributed by atoms with E-state index in [2.05, 4.69) is 20.5 Å². The van der Waals surface area contributed by atoms with E-state index in [0.717, 1.165) is 12.5 Å². The van der Waals surface area contributed by atoms with Crippen LogP contribution in [0.25, 0.3) is 45.1 Å². The predicted molar refractivity (Wildman–Crippen MR) is 141 cm³/mol. The number of aromatic nitrogens is 4. The number of nitrogens with one attached hydrogen (secondary N) is 1. The molecule has 1 fully saturated rings. The zero-order valence-corrected chi connectivity index (χ0v) is 21.7. The van der Waals surface area contributed by atoms with Crippen LogP contribution in [0, 0.1) is 5.82 Å². The zero-order chi connectivity index (χ0) is 28.1. The summed E-state index contributed by atoms with van der Waals surface area (Å²) in [6, 6.07) is 14.0. The number of oxazole rings is 1. The maximum Gasteiger partial charge on any atom is 0.420 e. The number of nitrogens with zero attached hydrogens (tertiary/aromatic N) is 4. The van der Waals surface area contributed by atoms with E-state index in [9.17, 15) is 17.6 Å². The van der Waals surface area contributed by atoms with Gasteiger partial charge in [0, 0.05) is 37.7 Å². The molecule has 0 bridgehead atoms. The highest BCUT2D eigenvalue weighted by molar-refractivity contribution is 5.84. The third kappa shape index (κ3) is 4.98. The first-order valence-corrected chi connectivity index (χ1v) is 12.7. The lowest BCUT2D eigenvalue weighted by atomic mass is 9.97. The number of ether oxygens (including phenoxy) is 1. The minimum absolute atomic E-state index is 0.0464. The Morgan fingerprint density at radius 2 is 1.85 bits per heavy atom. The molecule has 1 N–H and O–H groups in total. The molecule has 0 radical (unpaired) electrons. The summed E-state index contributed by atoms with van der Waals surface area (Å²) < 4.78 is 69.3. The van der Waals surface area contributed by atoms with Crippen molar-refractivity contribution < 1.29 is 26.7 Å². The van der Waals surface area contributed by atoms with Crippen LogP contribution in [-0.2, 0) is 24.5 Å². The number of benzene rings is 3. The van der Waals surface area contributed by atoms with Crippen LogP contribution in [-0.4, -0.2) is 38.5 Å². The van der Waals surface area contributed by atoms with Gasteiger partial charge in [-0.15, -0.1) is 10.2 Å². The highest BCUT2D eigenvalue weighted by atomic mass is 19.4. The largest absolute Gasteiger partial charge is 0.435 e. The molecular formula is C29H25F4N5O2. The van der Waals surface area contributed by atoms with Crippen molar-refractivity contribution in [1.82, 2.24) is 25.1 Å². The molecule has 1 saturated heterocycles. The van der Waals surface area contributed by atoms with Crippen LogP contribution in [0.4, 0.5) is 17.6 Å². The summed E-state index contributed by atoms with van der Waals surface area (Å²) in [5, 5.41) is 11.2. The van der Waals surface area contributed by atoms with Crippen LogP contribution < -0.4 is 5.32 Å². The molecule has 7 nitrogen and oxygen atoms in total. The molecule has 5 aromatic rings. The first-order valence-electron chi connectivity index (χ1n) is 12.7. The van der Waals surface area contributed by atoms with Crippen molar-refractivity contribution in [2.75, 3.05) is 13.2 Å². The van der Waals surface area contributed by atoms with Gasteiger partial charge >= 0.3 is 6.18 Å². The van der Waals surface area contributed by atoms with Gasteiger partial charge in [-0.3, -0.25) is 0 Å². The number of rotatable bonds is 7. The predicted octanol–water partition coefficient (Wildman–Crippen LogP) is 6.38. The maximum atomic E-state index is 14.2. The van der Waals surface area contributed by atoms with Gasteiger partial charge in [-0.25, -0.2) is 9.37 Å². The van der Waals surface area contributed by atoms with E-state index >= 15 is 0 Å². The van der Waals surface area contributed by atoms with Crippen LogP contribution in [0.3, 0.4) is 0 Å². The fourth-order valence-corrected chi connectivity index (χ4v) is 4.89. The smallest absolute Gasteiger partial charge is 0.420 e. The van der Waals surface area contributed by atoms with Crippen molar-refractivity contribution in [1.29, 1.82) is 0 Å². The molecule has 11 heteroatoms. The molecule has 206 valence electrons.